The van der Waals surface area contributed by atoms with Crippen molar-refractivity contribution in [2.75, 3.05) is 41.2 Å². The molecule has 0 aliphatic rings. The molecule has 0 amide bonds. The molecule has 0 fully saturated rings. The van der Waals surface area contributed by atoms with E-state index in [1.807, 2.05) is 20.8 Å². The molecule has 10 nitrogen and oxygen atoms in total. The van der Waals surface area contributed by atoms with Gasteiger partial charge in [-0.15, -0.1) is 0 Å². The Morgan fingerprint density at radius 1 is 0.935 bits per heavy atom. The first-order chi connectivity index (χ1) is 14.8. The normalized spacial score (nSPS) is 12.2. The molecule has 0 aliphatic heterocycles. The molecule has 31 heavy (non-hydrogen) atoms. The molecule has 0 bridgehead atoms. The summed E-state index contributed by atoms with van der Waals surface area (Å²) >= 11 is 0. The monoisotopic (exact) mass is 481 g/mol. The van der Waals surface area contributed by atoms with Crippen LogP contribution in [0, 0.1) is 0 Å². The van der Waals surface area contributed by atoms with Gasteiger partial charge in [0.25, 0.3) is 0 Å². The van der Waals surface area contributed by atoms with E-state index >= 15 is 0 Å². The lowest BCUT2D eigenvalue weighted by Gasteiger charge is -2.27. The number of esters is 1. The van der Waals surface area contributed by atoms with Crippen LogP contribution in [-0.4, -0.2) is 77.0 Å². The third-order valence-corrected chi connectivity index (χ3v) is 9.96. The molecular weight excluding hydrogens is 442 g/mol. The second-order valence-corrected chi connectivity index (χ2v) is 11.7. The van der Waals surface area contributed by atoms with E-state index in [0.717, 1.165) is 18.5 Å². The van der Waals surface area contributed by atoms with Crippen molar-refractivity contribution in [3.63, 3.8) is 0 Å². The van der Waals surface area contributed by atoms with Gasteiger partial charge >= 0.3 is 23.6 Å². The Bertz CT molecular complexity index is 489. The Balaban J connectivity index is 0. The first kappa shape index (κ1) is 32.0. The minimum atomic E-state index is -2.78. The maximum atomic E-state index is 11.0. The van der Waals surface area contributed by atoms with Gasteiger partial charge in [0, 0.05) is 65.7 Å². The lowest BCUT2D eigenvalue weighted by molar-refractivity contribution is -0.142. The zero-order valence-corrected chi connectivity index (χ0v) is 21.9. The average molecular weight is 482 g/mol. The van der Waals surface area contributed by atoms with Gasteiger partial charge in [-0.3, -0.25) is 0 Å². The number of hydrogen-bond acceptors (Lipinski definition) is 10. The minimum absolute atomic E-state index is 0.233. The van der Waals surface area contributed by atoms with Crippen molar-refractivity contribution in [1.29, 1.82) is 0 Å². The summed E-state index contributed by atoms with van der Waals surface area (Å²) in [5.41, 5.74) is 0. The van der Waals surface area contributed by atoms with Gasteiger partial charge in [-0.2, -0.15) is 4.99 Å². The van der Waals surface area contributed by atoms with E-state index in [0.29, 0.717) is 25.9 Å². The van der Waals surface area contributed by atoms with Gasteiger partial charge in [-0.1, -0.05) is 19.9 Å². The number of carbonyl (C=O) groups excluding carboxylic acids is 2. The molecule has 0 aliphatic carbocycles. The van der Waals surface area contributed by atoms with Crippen LogP contribution >= 0.6 is 0 Å². The van der Waals surface area contributed by atoms with E-state index in [-0.39, 0.29) is 6.42 Å². The largest absolute Gasteiger partial charge is 0.500 e. The molecule has 0 radical (unpaired) electrons. The van der Waals surface area contributed by atoms with Crippen molar-refractivity contribution in [2.24, 2.45) is 4.99 Å². The van der Waals surface area contributed by atoms with Crippen molar-refractivity contribution in [2.45, 2.75) is 58.9 Å². The number of isocyanates is 1. The lowest BCUT2D eigenvalue weighted by atomic mass is 10.4. The second kappa shape index (κ2) is 19.5. The van der Waals surface area contributed by atoms with Gasteiger partial charge in [0.2, 0.25) is 12.3 Å². The van der Waals surface area contributed by atoms with Gasteiger partial charge in [0.05, 0.1) is 0 Å². The van der Waals surface area contributed by atoms with Crippen molar-refractivity contribution in [3.05, 3.63) is 12.7 Å². The van der Waals surface area contributed by atoms with Crippen LogP contribution < -0.4 is 0 Å². The van der Waals surface area contributed by atoms with E-state index in [4.69, 9.17) is 31.3 Å². The van der Waals surface area contributed by atoms with Crippen LogP contribution in [-0.2, 0) is 40.9 Å². The number of carbonyl (C=O) groups is 1. The highest BCUT2D eigenvalue weighted by atomic mass is 28.4. The van der Waals surface area contributed by atoms with E-state index in [9.17, 15) is 9.59 Å². The fourth-order valence-electron chi connectivity index (χ4n) is 2.55. The Kier molecular flexibility index (Phi) is 20.1. The molecule has 0 N–H and O–H groups in total. The maximum Gasteiger partial charge on any atom is 0.500 e. The summed E-state index contributed by atoms with van der Waals surface area (Å²) in [5, 5.41) is 0. The molecule has 0 aromatic carbocycles. The summed E-state index contributed by atoms with van der Waals surface area (Å²) in [7, 11) is -0.677. The lowest BCUT2D eigenvalue weighted by Crippen LogP contribution is -2.45. The third kappa shape index (κ3) is 13.7. The van der Waals surface area contributed by atoms with Gasteiger partial charge in [-0.25, -0.2) is 9.59 Å². The maximum absolute atomic E-state index is 11.0. The number of rotatable bonds is 17. The van der Waals surface area contributed by atoms with Crippen LogP contribution in [0.25, 0.3) is 0 Å². The smallest absolute Gasteiger partial charge is 0.436 e. The molecule has 12 heteroatoms. The molecule has 0 rings (SSSR count). The summed E-state index contributed by atoms with van der Waals surface area (Å²) in [4.78, 5) is 24.6. The molecule has 1 unspecified atom stereocenters. The van der Waals surface area contributed by atoms with Gasteiger partial charge in [0.15, 0.2) is 0 Å². The molecule has 182 valence electrons. The predicted molar refractivity (Wildman–Crippen MR) is 120 cm³/mol. The first-order valence-electron chi connectivity index (χ1n) is 10.3. The molecule has 0 spiro atoms. The Morgan fingerprint density at radius 2 is 1.42 bits per heavy atom. The molecule has 0 aromatic rings. The molecule has 0 saturated heterocycles. The Labute approximate surface area is 188 Å². The topological polar surface area (TPSA) is 111 Å². The summed E-state index contributed by atoms with van der Waals surface area (Å²) in [6.07, 6.45) is 2.67. The van der Waals surface area contributed by atoms with E-state index in [2.05, 4.69) is 18.5 Å². The quantitative estimate of drug-likeness (QED) is 0.102. The summed E-state index contributed by atoms with van der Waals surface area (Å²) in [6.45, 7) is 13.3. The van der Waals surface area contributed by atoms with Crippen LogP contribution in [0.5, 0.6) is 0 Å². The van der Waals surface area contributed by atoms with Crippen molar-refractivity contribution in [1.82, 2.24) is 0 Å². The number of ether oxygens (including phenoxy) is 1. The Hall–Kier alpha value is -1.22. The molecular formula is C19H39NO9Si2. The minimum Gasteiger partial charge on any atom is -0.436 e. The average Bonchev–Trinajstić information content (AvgIpc) is 2.76. The van der Waals surface area contributed by atoms with Crippen molar-refractivity contribution in [3.8, 4) is 0 Å². The van der Waals surface area contributed by atoms with Crippen LogP contribution in [0.4, 0.5) is 0 Å². The van der Waals surface area contributed by atoms with Crippen LogP contribution in [0.1, 0.15) is 40.5 Å². The number of hydrogen-bond donors (Lipinski definition) is 0. The number of aliphatic imine (C=N–C) groups is 1. The van der Waals surface area contributed by atoms with Gasteiger partial charge in [0.1, 0.15) is 0 Å². The highest BCUT2D eigenvalue weighted by Gasteiger charge is 2.39. The summed E-state index contributed by atoms with van der Waals surface area (Å²) < 4.78 is 37.3. The van der Waals surface area contributed by atoms with Crippen molar-refractivity contribution >= 4 is 29.7 Å². The van der Waals surface area contributed by atoms with Crippen LogP contribution in [0.3, 0.4) is 0 Å². The van der Waals surface area contributed by atoms with E-state index < -0.39 is 29.8 Å². The fraction of sp³-hybridized carbons (Fsp3) is 0.789. The van der Waals surface area contributed by atoms with Gasteiger partial charge < -0.3 is 31.3 Å². The van der Waals surface area contributed by atoms with E-state index in [1.165, 1.54) is 27.4 Å². The van der Waals surface area contributed by atoms with E-state index in [1.54, 1.807) is 0 Å². The first-order valence-corrected chi connectivity index (χ1v) is 14.1. The summed E-state index contributed by atoms with van der Waals surface area (Å²) in [5.74, 6) is -0.668. The summed E-state index contributed by atoms with van der Waals surface area (Å²) in [6, 6.07) is 1.26. The second-order valence-electron chi connectivity index (χ2n) is 5.88. The van der Waals surface area contributed by atoms with Crippen molar-refractivity contribution < 1.29 is 40.9 Å². The number of nitrogens with zero attached hydrogens (tertiary/aromatic N) is 1. The molecule has 1 atom stereocenters. The van der Waals surface area contributed by atoms with Crippen LogP contribution in [0.15, 0.2) is 17.6 Å². The SMILES string of the molecule is C=CC(=O)OC(CC[Si](OC)(OC)OC)N=C=O.CCC[Si](OCC)(OCC)OCC. The highest BCUT2D eigenvalue weighted by molar-refractivity contribution is 6.61. The molecule has 0 heterocycles. The third-order valence-electron chi connectivity index (χ3n) is 3.89. The zero-order chi connectivity index (χ0) is 24.2. The predicted octanol–water partition coefficient (Wildman–Crippen LogP) is 3.09. The standard InChI is InChI=1S/C10H17NO6Si.C9H22O3Si/c1-5-10(13)17-9(11-8-12)6-7-18(14-2,15-3)16-4;1-5-9-13(10-6-2,11-7-3)12-8-4/h5,9H,1,6-7H2,2-4H3;5-9H2,1-4H3. The molecule has 0 saturated carbocycles. The van der Waals surface area contributed by atoms with Crippen LogP contribution in [0.2, 0.25) is 12.1 Å². The van der Waals surface area contributed by atoms with Gasteiger partial charge in [-0.05, 0) is 20.8 Å². The highest BCUT2D eigenvalue weighted by Crippen LogP contribution is 2.19. The zero-order valence-electron chi connectivity index (χ0n) is 19.9. The molecule has 0 aromatic heterocycles. The fourth-order valence-corrected chi connectivity index (χ4v) is 6.88. The Morgan fingerprint density at radius 3 is 1.74 bits per heavy atom.